The zero-order valence-electron chi connectivity index (χ0n) is 12.7. The van der Waals surface area contributed by atoms with Gasteiger partial charge in [-0.3, -0.25) is 0 Å². The van der Waals surface area contributed by atoms with Gasteiger partial charge in [0.2, 0.25) is 10.0 Å². The molecule has 1 fully saturated rings. The maximum Gasteiger partial charge on any atom is 0.218 e. The van der Waals surface area contributed by atoms with Crippen molar-refractivity contribution in [1.29, 1.82) is 0 Å². The van der Waals surface area contributed by atoms with Crippen molar-refractivity contribution in [1.82, 2.24) is 14.5 Å². The van der Waals surface area contributed by atoms with Gasteiger partial charge in [-0.1, -0.05) is 6.92 Å². The fourth-order valence-electron chi connectivity index (χ4n) is 2.55. The Balaban J connectivity index is 2.68. The van der Waals surface area contributed by atoms with Crippen molar-refractivity contribution in [3.63, 3.8) is 0 Å². The highest BCUT2D eigenvalue weighted by Gasteiger charge is 2.33. The highest BCUT2D eigenvalue weighted by atomic mass is 32.2. The van der Waals surface area contributed by atoms with Crippen LogP contribution in [0.5, 0.6) is 0 Å². The molecule has 0 bridgehead atoms. The van der Waals surface area contributed by atoms with Crippen molar-refractivity contribution >= 4 is 10.0 Å². The molecule has 114 valence electrons. The van der Waals surface area contributed by atoms with E-state index in [0.29, 0.717) is 13.1 Å². The zero-order chi connectivity index (χ0) is 14.5. The normalized spacial score (nSPS) is 25.2. The average Bonchev–Trinajstić information content (AvgIpc) is 2.50. The fraction of sp³-hybridized carbons (Fsp3) is 1.00. The Hall–Kier alpha value is -0.170. The molecule has 1 aliphatic heterocycles. The summed E-state index contributed by atoms with van der Waals surface area (Å²) in [6, 6.07) is 0.0612. The van der Waals surface area contributed by atoms with Gasteiger partial charge in [-0.2, -0.15) is 4.31 Å². The number of nitrogens with zero attached hydrogens (tertiary/aromatic N) is 2. The zero-order valence-corrected chi connectivity index (χ0v) is 13.5. The number of nitrogens with one attached hydrogen (secondary N) is 1. The van der Waals surface area contributed by atoms with Crippen LogP contribution in [0.3, 0.4) is 0 Å². The Morgan fingerprint density at radius 1 is 1.37 bits per heavy atom. The maximum absolute atomic E-state index is 12.6. The third-order valence-electron chi connectivity index (χ3n) is 3.68. The van der Waals surface area contributed by atoms with Crippen molar-refractivity contribution < 1.29 is 8.42 Å². The summed E-state index contributed by atoms with van der Waals surface area (Å²) in [4.78, 5) is 2.21. The van der Waals surface area contributed by atoms with Crippen LogP contribution in [0.2, 0.25) is 0 Å². The monoisotopic (exact) mass is 291 g/mol. The van der Waals surface area contributed by atoms with Gasteiger partial charge in [-0.05, 0) is 46.8 Å². The molecular formula is C13H29N3O2S. The van der Waals surface area contributed by atoms with Gasteiger partial charge < -0.3 is 10.2 Å². The predicted octanol–water partition coefficient (Wildman–Crippen LogP) is 0.730. The highest BCUT2D eigenvalue weighted by molar-refractivity contribution is 7.89. The van der Waals surface area contributed by atoms with Crippen LogP contribution in [-0.2, 0) is 10.0 Å². The largest absolute Gasteiger partial charge is 0.315 e. The van der Waals surface area contributed by atoms with Crippen LogP contribution in [0.25, 0.3) is 0 Å². The standard InChI is InChI=1S/C13H29N3O2S/c1-5-7-14-10-13(3)19(17,18)16-9-6-8-15(4)11-12(16)2/h12-14H,5-11H2,1-4H3. The Morgan fingerprint density at radius 2 is 2.05 bits per heavy atom. The summed E-state index contributed by atoms with van der Waals surface area (Å²) >= 11 is 0. The van der Waals surface area contributed by atoms with Crippen LogP contribution >= 0.6 is 0 Å². The van der Waals surface area contributed by atoms with E-state index < -0.39 is 10.0 Å². The van der Waals surface area contributed by atoms with Crippen molar-refractivity contribution in [2.45, 2.75) is 44.9 Å². The molecule has 1 heterocycles. The Kier molecular flexibility index (Phi) is 6.73. The van der Waals surface area contributed by atoms with Crippen molar-refractivity contribution in [2.75, 3.05) is 39.8 Å². The minimum absolute atomic E-state index is 0.0612. The molecule has 0 aromatic carbocycles. The topological polar surface area (TPSA) is 52.7 Å². The minimum atomic E-state index is -3.19. The van der Waals surface area contributed by atoms with E-state index >= 15 is 0 Å². The first-order valence-electron chi connectivity index (χ1n) is 7.29. The summed E-state index contributed by atoms with van der Waals surface area (Å²) in [6.07, 6.45) is 1.94. The van der Waals surface area contributed by atoms with Crippen molar-refractivity contribution in [3.05, 3.63) is 0 Å². The van der Waals surface area contributed by atoms with Crippen molar-refractivity contribution in [2.24, 2.45) is 0 Å². The molecule has 0 saturated carbocycles. The molecule has 6 heteroatoms. The van der Waals surface area contributed by atoms with E-state index in [0.717, 1.165) is 32.5 Å². The fourth-order valence-corrected chi connectivity index (χ4v) is 4.29. The van der Waals surface area contributed by atoms with Gasteiger partial charge >= 0.3 is 0 Å². The molecule has 0 aromatic heterocycles. The molecule has 0 radical (unpaired) electrons. The molecule has 1 aliphatic rings. The lowest BCUT2D eigenvalue weighted by Gasteiger charge is -2.30. The van der Waals surface area contributed by atoms with Crippen LogP contribution in [0.15, 0.2) is 0 Å². The van der Waals surface area contributed by atoms with Gasteiger partial charge in [0, 0.05) is 25.7 Å². The predicted molar refractivity (Wildman–Crippen MR) is 79.8 cm³/mol. The third kappa shape index (κ3) is 4.70. The van der Waals surface area contributed by atoms with Gasteiger partial charge in [-0.25, -0.2) is 8.42 Å². The lowest BCUT2D eigenvalue weighted by atomic mass is 10.3. The average molecular weight is 291 g/mol. The molecule has 1 N–H and O–H groups in total. The summed E-state index contributed by atoms with van der Waals surface area (Å²) in [5.74, 6) is 0. The molecule has 19 heavy (non-hydrogen) atoms. The van der Waals surface area contributed by atoms with E-state index in [2.05, 4.69) is 24.2 Å². The number of hydrogen-bond donors (Lipinski definition) is 1. The second-order valence-electron chi connectivity index (χ2n) is 5.64. The summed E-state index contributed by atoms with van der Waals surface area (Å²) in [7, 11) is -1.14. The van der Waals surface area contributed by atoms with Gasteiger partial charge in [-0.15, -0.1) is 0 Å². The summed E-state index contributed by atoms with van der Waals surface area (Å²) in [5.41, 5.74) is 0. The summed E-state index contributed by atoms with van der Waals surface area (Å²) < 4.78 is 26.9. The lowest BCUT2D eigenvalue weighted by molar-refractivity contribution is 0.289. The summed E-state index contributed by atoms with van der Waals surface area (Å²) in [6.45, 7) is 9.73. The molecule has 2 unspecified atom stereocenters. The van der Waals surface area contributed by atoms with Crippen LogP contribution < -0.4 is 5.32 Å². The second kappa shape index (κ2) is 7.57. The number of hydrogen-bond acceptors (Lipinski definition) is 4. The number of sulfonamides is 1. The molecular weight excluding hydrogens is 262 g/mol. The Morgan fingerprint density at radius 3 is 2.68 bits per heavy atom. The minimum Gasteiger partial charge on any atom is -0.315 e. The first-order valence-corrected chi connectivity index (χ1v) is 8.79. The van der Waals surface area contributed by atoms with E-state index in [1.807, 2.05) is 6.92 Å². The van der Waals surface area contributed by atoms with E-state index in [-0.39, 0.29) is 11.3 Å². The molecule has 1 saturated heterocycles. The van der Waals surface area contributed by atoms with Crippen LogP contribution in [0, 0.1) is 0 Å². The Bertz CT molecular complexity index is 359. The molecule has 0 aromatic rings. The van der Waals surface area contributed by atoms with Gasteiger partial charge in [0.1, 0.15) is 0 Å². The highest BCUT2D eigenvalue weighted by Crippen LogP contribution is 2.17. The maximum atomic E-state index is 12.6. The lowest BCUT2D eigenvalue weighted by Crippen LogP contribution is -2.47. The molecule has 5 nitrogen and oxygen atoms in total. The van der Waals surface area contributed by atoms with E-state index in [4.69, 9.17) is 0 Å². The van der Waals surface area contributed by atoms with E-state index in [1.165, 1.54) is 0 Å². The Labute approximate surface area is 118 Å². The molecule has 0 aliphatic carbocycles. The van der Waals surface area contributed by atoms with Gasteiger partial charge in [0.15, 0.2) is 0 Å². The van der Waals surface area contributed by atoms with Gasteiger partial charge in [0.05, 0.1) is 5.25 Å². The molecule has 2 atom stereocenters. The third-order valence-corrected chi connectivity index (χ3v) is 6.06. The molecule has 1 rings (SSSR count). The quantitative estimate of drug-likeness (QED) is 0.733. The second-order valence-corrected chi connectivity index (χ2v) is 7.94. The van der Waals surface area contributed by atoms with Crippen LogP contribution in [-0.4, -0.2) is 68.7 Å². The number of rotatable bonds is 6. The van der Waals surface area contributed by atoms with E-state index in [9.17, 15) is 8.42 Å². The van der Waals surface area contributed by atoms with Crippen LogP contribution in [0.4, 0.5) is 0 Å². The molecule has 0 amide bonds. The SMILES string of the molecule is CCCNCC(C)S(=O)(=O)N1CCCN(C)CC1C. The smallest absolute Gasteiger partial charge is 0.218 e. The first-order chi connectivity index (χ1) is 8.89. The van der Waals surface area contributed by atoms with Crippen molar-refractivity contribution in [3.8, 4) is 0 Å². The van der Waals surface area contributed by atoms with E-state index in [1.54, 1.807) is 11.2 Å². The van der Waals surface area contributed by atoms with Gasteiger partial charge in [0.25, 0.3) is 0 Å². The van der Waals surface area contributed by atoms with Crippen LogP contribution in [0.1, 0.15) is 33.6 Å². The summed E-state index contributed by atoms with van der Waals surface area (Å²) in [5, 5.41) is 2.85. The molecule has 0 spiro atoms. The first kappa shape index (κ1) is 16.9. The number of likely N-dealkylation sites (N-methyl/N-ethyl adjacent to an activating group) is 1.